The van der Waals surface area contributed by atoms with Gasteiger partial charge in [-0.15, -0.1) is 12.3 Å². The van der Waals surface area contributed by atoms with E-state index in [0.29, 0.717) is 25.8 Å². The molecule has 0 aromatic heterocycles. The summed E-state index contributed by atoms with van der Waals surface area (Å²) in [6.45, 7) is 3.86. The van der Waals surface area contributed by atoms with E-state index in [-0.39, 0.29) is 5.91 Å². The molecule has 0 N–H and O–H groups in total. The van der Waals surface area contributed by atoms with E-state index in [1.54, 1.807) is 4.90 Å². The highest BCUT2D eigenvalue weighted by Crippen LogP contribution is 2.37. The minimum Gasteiger partial charge on any atom is -0.378 e. The lowest BCUT2D eigenvalue weighted by Crippen LogP contribution is -2.37. The molecule has 0 atom stereocenters. The number of anilines is 1. The average molecular weight is 354 g/mol. The lowest BCUT2D eigenvalue weighted by molar-refractivity contribution is -0.130. The quantitative estimate of drug-likeness (QED) is 0.675. The molecule has 0 radical (unpaired) electrons. The number of morpholine rings is 1. The Kier molecular flexibility index (Phi) is 5.89. The SMILES string of the molecule is C#CCCC1(CCC(=O)N(C)Cc2ccccc2N2CCOCC2)N=N1. The van der Waals surface area contributed by atoms with Crippen LogP contribution in [0.1, 0.15) is 31.2 Å². The molecule has 3 rings (SSSR count). The molecule has 0 bridgehead atoms. The van der Waals surface area contributed by atoms with Crippen molar-refractivity contribution in [3.8, 4) is 12.3 Å². The first-order valence-electron chi connectivity index (χ1n) is 9.16. The van der Waals surface area contributed by atoms with Crippen LogP contribution in [-0.2, 0) is 16.1 Å². The summed E-state index contributed by atoms with van der Waals surface area (Å²) in [5.74, 6) is 2.73. The Hall–Kier alpha value is -2.39. The van der Waals surface area contributed by atoms with Gasteiger partial charge in [0, 0.05) is 58.1 Å². The number of benzene rings is 1. The van der Waals surface area contributed by atoms with Crippen LogP contribution in [0.15, 0.2) is 34.5 Å². The van der Waals surface area contributed by atoms with Gasteiger partial charge in [-0.1, -0.05) is 18.2 Å². The first-order chi connectivity index (χ1) is 12.6. The minimum atomic E-state index is -0.394. The highest BCUT2D eigenvalue weighted by atomic mass is 16.5. The number of terminal acetylenes is 1. The highest BCUT2D eigenvalue weighted by Gasteiger charge is 2.39. The number of carbonyl (C=O) groups is 1. The van der Waals surface area contributed by atoms with Gasteiger partial charge < -0.3 is 14.5 Å². The third-order valence-corrected chi connectivity index (χ3v) is 4.97. The molecule has 1 fully saturated rings. The zero-order valence-electron chi connectivity index (χ0n) is 15.4. The summed E-state index contributed by atoms with van der Waals surface area (Å²) in [7, 11) is 1.85. The van der Waals surface area contributed by atoms with Gasteiger partial charge in [0.2, 0.25) is 5.91 Å². The van der Waals surface area contributed by atoms with Crippen LogP contribution in [0.2, 0.25) is 0 Å². The van der Waals surface area contributed by atoms with Gasteiger partial charge in [-0.25, -0.2) is 0 Å². The topological polar surface area (TPSA) is 57.5 Å². The largest absolute Gasteiger partial charge is 0.378 e. The first-order valence-corrected chi connectivity index (χ1v) is 9.16. The molecule has 0 spiro atoms. The zero-order valence-corrected chi connectivity index (χ0v) is 15.4. The normalized spacial score (nSPS) is 17.6. The summed E-state index contributed by atoms with van der Waals surface area (Å²) in [6.07, 6.45) is 7.77. The molecule has 0 unspecified atom stereocenters. The van der Waals surface area contributed by atoms with Crippen molar-refractivity contribution >= 4 is 11.6 Å². The number of ether oxygens (including phenoxy) is 1. The second-order valence-electron chi connectivity index (χ2n) is 6.86. The smallest absolute Gasteiger partial charge is 0.222 e. The van der Waals surface area contributed by atoms with Gasteiger partial charge in [-0.05, 0) is 11.6 Å². The maximum Gasteiger partial charge on any atom is 0.222 e. The third kappa shape index (κ3) is 4.61. The minimum absolute atomic E-state index is 0.110. The maximum atomic E-state index is 12.6. The third-order valence-electron chi connectivity index (χ3n) is 4.97. The number of amides is 1. The zero-order chi connectivity index (χ0) is 18.4. The van der Waals surface area contributed by atoms with E-state index in [1.165, 1.54) is 5.69 Å². The van der Waals surface area contributed by atoms with Crippen molar-refractivity contribution in [3.05, 3.63) is 29.8 Å². The fourth-order valence-corrected chi connectivity index (χ4v) is 3.27. The van der Waals surface area contributed by atoms with Crippen LogP contribution >= 0.6 is 0 Å². The Morgan fingerprint density at radius 1 is 1.31 bits per heavy atom. The van der Waals surface area contributed by atoms with Crippen molar-refractivity contribution in [2.45, 2.75) is 37.9 Å². The molecule has 2 heterocycles. The van der Waals surface area contributed by atoms with Crippen LogP contribution in [-0.4, -0.2) is 49.8 Å². The standard InChI is InChI=1S/C20H26N4O2/c1-3-4-10-20(21-22-20)11-9-19(25)23(2)16-17-7-5-6-8-18(17)24-12-14-26-15-13-24/h1,5-8H,4,9-16H2,2H3. The van der Waals surface area contributed by atoms with Crippen molar-refractivity contribution in [2.75, 3.05) is 38.3 Å². The summed E-state index contributed by atoms with van der Waals surface area (Å²) in [6, 6.07) is 8.28. The molecule has 138 valence electrons. The Labute approximate surface area is 155 Å². The van der Waals surface area contributed by atoms with Crippen molar-refractivity contribution in [1.82, 2.24) is 4.90 Å². The number of hydrogen-bond acceptors (Lipinski definition) is 5. The van der Waals surface area contributed by atoms with E-state index in [0.717, 1.165) is 38.3 Å². The molecule has 6 nitrogen and oxygen atoms in total. The second-order valence-corrected chi connectivity index (χ2v) is 6.86. The van der Waals surface area contributed by atoms with E-state index >= 15 is 0 Å². The van der Waals surface area contributed by atoms with Gasteiger partial charge in [0.1, 0.15) is 0 Å². The van der Waals surface area contributed by atoms with Crippen molar-refractivity contribution < 1.29 is 9.53 Å². The van der Waals surface area contributed by atoms with Gasteiger partial charge in [0.05, 0.1) is 13.2 Å². The van der Waals surface area contributed by atoms with Gasteiger partial charge in [0.25, 0.3) is 0 Å². The Morgan fingerprint density at radius 3 is 2.73 bits per heavy atom. The molecular weight excluding hydrogens is 328 g/mol. The fraction of sp³-hybridized carbons (Fsp3) is 0.550. The van der Waals surface area contributed by atoms with Crippen LogP contribution < -0.4 is 4.90 Å². The number of rotatable bonds is 8. The Balaban J connectivity index is 1.55. The molecule has 6 heteroatoms. The fourth-order valence-electron chi connectivity index (χ4n) is 3.27. The predicted octanol–water partition coefficient (Wildman–Crippen LogP) is 2.84. The predicted molar refractivity (Wildman–Crippen MR) is 101 cm³/mol. The first kappa shape index (κ1) is 18.4. The molecular formula is C20H26N4O2. The van der Waals surface area contributed by atoms with Crippen LogP contribution in [0, 0.1) is 12.3 Å². The van der Waals surface area contributed by atoms with Crippen molar-refractivity contribution in [1.29, 1.82) is 0 Å². The van der Waals surface area contributed by atoms with Gasteiger partial charge >= 0.3 is 0 Å². The molecule has 26 heavy (non-hydrogen) atoms. The number of hydrogen-bond donors (Lipinski definition) is 0. The van der Waals surface area contributed by atoms with Gasteiger partial charge in [-0.2, -0.15) is 10.2 Å². The van der Waals surface area contributed by atoms with Gasteiger partial charge in [-0.3, -0.25) is 4.79 Å². The van der Waals surface area contributed by atoms with E-state index in [9.17, 15) is 4.79 Å². The number of nitrogens with zero attached hydrogens (tertiary/aromatic N) is 4. The van der Waals surface area contributed by atoms with Crippen LogP contribution in [0.3, 0.4) is 0 Å². The summed E-state index contributed by atoms with van der Waals surface area (Å²) < 4.78 is 5.44. The molecule has 1 amide bonds. The van der Waals surface area contributed by atoms with Crippen molar-refractivity contribution in [3.63, 3.8) is 0 Å². The summed E-state index contributed by atoms with van der Waals surface area (Å²) >= 11 is 0. The van der Waals surface area contributed by atoms with Gasteiger partial charge in [0.15, 0.2) is 5.66 Å². The number of para-hydroxylation sites is 1. The lowest BCUT2D eigenvalue weighted by atomic mass is 10.0. The molecule has 2 aliphatic rings. The van der Waals surface area contributed by atoms with E-state index < -0.39 is 5.66 Å². The molecule has 0 aliphatic carbocycles. The summed E-state index contributed by atoms with van der Waals surface area (Å²) in [4.78, 5) is 16.7. The number of carbonyl (C=O) groups excluding carboxylic acids is 1. The monoisotopic (exact) mass is 354 g/mol. The average Bonchev–Trinajstić information content (AvgIpc) is 3.46. The van der Waals surface area contributed by atoms with Crippen LogP contribution in [0.25, 0.3) is 0 Å². The Bertz CT molecular complexity index is 698. The second kappa shape index (κ2) is 8.33. The molecule has 0 saturated carbocycles. The molecule has 1 aromatic carbocycles. The van der Waals surface area contributed by atoms with E-state index in [2.05, 4.69) is 33.2 Å². The lowest BCUT2D eigenvalue weighted by Gasteiger charge is -2.31. The highest BCUT2D eigenvalue weighted by molar-refractivity contribution is 5.76. The summed E-state index contributed by atoms with van der Waals surface area (Å²) in [5.41, 5.74) is 1.95. The van der Waals surface area contributed by atoms with E-state index in [1.807, 2.05) is 19.2 Å². The molecule has 2 aliphatic heterocycles. The van der Waals surface area contributed by atoms with E-state index in [4.69, 9.17) is 11.2 Å². The molecule has 1 aromatic rings. The Morgan fingerprint density at radius 2 is 2.04 bits per heavy atom. The maximum absolute atomic E-state index is 12.6. The molecule has 1 saturated heterocycles. The van der Waals surface area contributed by atoms with Crippen molar-refractivity contribution in [2.24, 2.45) is 10.2 Å². The van der Waals surface area contributed by atoms with Crippen LogP contribution in [0.4, 0.5) is 5.69 Å². The van der Waals surface area contributed by atoms with Crippen LogP contribution in [0.5, 0.6) is 0 Å². The summed E-state index contributed by atoms with van der Waals surface area (Å²) in [5, 5.41) is 8.20.